The van der Waals surface area contributed by atoms with Gasteiger partial charge in [-0.25, -0.2) is 4.98 Å². The highest BCUT2D eigenvalue weighted by atomic mass is 32.1. The molecule has 4 aromatic rings. The van der Waals surface area contributed by atoms with E-state index in [9.17, 15) is 4.79 Å². The number of thiophene rings is 1. The van der Waals surface area contributed by atoms with Gasteiger partial charge in [0, 0.05) is 10.9 Å². The van der Waals surface area contributed by atoms with Crippen LogP contribution in [0.4, 0.5) is 11.6 Å². The molecule has 3 N–H and O–H groups in total. The van der Waals surface area contributed by atoms with E-state index in [4.69, 9.17) is 10.3 Å². The average Bonchev–Trinajstić information content (AvgIpc) is 3.18. The molecule has 0 atom stereocenters. The lowest BCUT2D eigenvalue weighted by atomic mass is 10.1. The first-order valence-electron chi connectivity index (χ1n) is 7.50. The van der Waals surface area contributed by atoms with Crippen molar-refractivity contribution in [1.29, 1.82) is 0 Å². The van der Waals surface area contributed by atoms with Crippen LogP contribution in [0.3, 0.4) is 0 Å². The zero-order valence-corrected chi connectivity index (χ0v) is 14.1. The molecular formula is C17H14N5O2S+. The van der Waals surface area contributed by atoms with Crippen LogP contribution >= 0.6 is 11.3 Å². The van der Waals surface area contributed by atoms with E-state index in [-0.39, 0.29) is 11.8 Å². The summed E-state index contributed by atoms with van der Waals surface area (Å²) < 4.78 is 6.43. The van der Waals surface area contributed by atoms with Crippen molar-refractivity contribution in [2.24, 2.45) is 7.05 Å². The fourth-order valence-corrected chi connectivity index (χ4v) is 3.47. The molecule has 0 bridgehead atoms. The predicted molar refractivity (Wildman–Crippen MR) is 95.1 cm³/mol. The number of pyridine rings is 1. The average molecular weight is 352 g/mol. The van der Waals surface area contributed by atoms with E-state index >= 15 is 0 Å². The van der Waals surface area contributed by atoms with Gasteiger partial charge in [-0.05, 0) is 12.1 Å². The van der Waals surface area contributed by atoms with Crippen molar-refractivity contribution in [3.8, 4) is 11.3 Å². The number of amides is 1. The molecule has 0 radical (unpaired) electrons. The normalized spacial score (nSPS) is 10.9. The lowest BCUT2D eigenvalue weighted by molar-refractivity contribution is -0.739. The Kier molecular flexibility index (Phi) is 3.66. The zero-order valence-electron chi connectivity index (χ0n) is 13.3. The summed E-state index contributed by atoms with van der Waals surface area (Å²) in [5.74, 6) is -0.0965. The van der Waals surface area contributed by atoms with Crippen LogP contribution in [0.25, 0.3) is 21.5 Å². The molecule has 0 unspecified atom stereocenters. The highest BCUT2D eigenvalue weighted by Gasteiger charge is 2.20. The third kappa shape index (κ3) is 2.83. The maximum absolute atomic E-state index is 12.5. The first-order chi connectivity index (χ1) is 12.1. The van der Waals surface area contributed by atoms with E-state index < -0.39 is 0 Å². The van der Waals surface area contributed by atoms with Gasteiger partial charge in [-0.3, -0.25) is 14.6 Å². The van der Waals surface area contributed by atoms with Crippen molar-refractivity contribution in [3.63, 3.8) is 0 Å². The number of aromatic nitrogens is 3. The van der Waals surface area contributed by atoms with Crippen LogP contribution in [0.2, 0.25) is 0 Å². The van der Waals surface area contributed by atoms with Crippen molar-refractivity contribution in [2.75, 3.05) is 11.1 Å². The second-order valence-electron chi connectivity index (χ2n) is 5.45. The summed E-state index contributed by atoms with van der Waals surface area (Å²) in [5, 5.41) is 7.06. The smallest absolute Gasteiger partial charge is 0.302 e. The Balaban J connectivity index is 1.70. The number of nitrogens with two attached hydrogens (primary N) is 1. The van der Waals surface area contributed by atoms with Crippen LogP contribution in [0.1, 0.15) is 9.67 Å². The van der Waals surface area contributed by atoms with Crippen LogP contribution in [-0.2, 0) is 7.05 Å². The van der Waals surface area contributed by atoms with E-state index in [1.54, 1.807) is 13.2 Å². The van der Waals surface area contributed by atoms with Crippen molar-refractivity contribution < 1.29 is 14.0 Å². The molecule has 4 rings (SSSR count). The Bertz CT molecular complexity index is 1070. The van der Waals surface area contributed by atoms with Gasteiger partial charge in [-0.1, -0.05) is 35.0 Å². The largest absolute Gasteiger partial charge is 0.397 e. The summed E-state index contributed by atoms with van der Waals surface area (Å²) in [4.78, 5) is 18.2. The zero-order chi connectivity index (χ0) is 17.4. The van der Waals surface area contributed by atoms with Gasteiger partial charge >= 0.3 is 5.88 Å². The highest BCUT2D eigenvalue weighted by Crippen LogP contribution is 2.34. The predicted octanol–water partition coefficient (Wildman–Crippen LogP) is 2.61. The summed E-state index contributed by atoms with van der Waals surface area (Å²) in [7, 11) is 1.70. The Hall–Kier alpha value is -3.26. The van der Waals surface area contributed by atoms with E-state index in [1.807, 2.05) is 42.5 Å². The number of hydrogen-bond donors (Lipinski definition) is 2. The standard InChI is InChI=1S/C17H13N5O2S/c1-22-9-13(24-21-22)20-16(23)15-14(18)11-7-8-12(19-17(11)25-15)10-5-3-2-4-6-10/h2-9H,1H3,(H2-,18,20,21,23)/p+1. The topological polar surface area (TPSA) is 97.9 Å². The van der Waals surface area contributed by atoms with Crippen LogP contribution in [0.5, 0.6) is 0 Å². The summed E-state index contributed by atoms with van der Waals surface area (Å²) in [5.41, 5.74) is 8.40. The minimum atomic E-state index is -0.349. The van der Waals surface area contributed by atoms with Crippen LogP contribution in [0, 0.1) is 0 Å². The number of nitrogens with one attached hydrogen (secondary N) is 1. The van der Waals surface area contributed by atoms with Gasteiger partial charge in [0.05, 0.1) is 11.4 Å². The van der Waals surface area contributed by atoms with Gasteiger partial charge in [0.2, 0.25) is 0 Å². The SMILES string of the molecule is C[n+]1cc(NC(=O)c2sc3nc(-c4ccccc4)ccc3c2N)on1. The molecule has 1 amide bonds. The van der Waals surface area contributed by atoms with Crippen molar-refractivity contribution in [3.05, 3.63) is 53.5 Å². The number of aryl methyl sites for hydroxylation is 1. The van der Waals surface area contributed by atoms with Crippen molar-refractivity contribution in [2.45, 2.75) is 0 Å². The first-order valence-corrected chi connectivity index (χ1v) is 8.32. The Morgan fingerprint density at radius 3 is 2.76 bits per heavy atom. The highest BCUT2D eigenvalue weighted by molar-refractivity contribution is 7.21. The molecule has 1 aromatic carbocycles. The Morgan fingerprint density at radius 1 is 1.24 bits per heavy atom. The molecule has 0 saturated heterocycles. The molecule has 0 saturated carbocycles. The van der Waals surface area contributed by atoms with E-state index in [2.05, 4.69) is 15.6 Å². The first kappa shape index (κ1) is 15.3. The number of hydrogen-bond acceptors (Lipinski definition) is 6. The van der Waals surface area contributed by atoms with Gasteiger partial charge < -0.3 is 5.73 Å². The summed E-state index contributed by atoms with van der Waals surface area (Å²) in [6.07, 6.45) is 1.56. The Morgan fingerprint density at radius 2 is 2.04 bits per heavy atom. The van der Waals surface area contributed by atoms with Crippen molar-refractivity contribution in [1.82, 2.24) is 10.3 Å². The maximum atomic E-state index is 12.5. The molecule has 7 nitrogen and oxygen atoms in total. The minimum absolute atomic E-state index is 0.252. The van der Waals surface area contributed by atoms with Crippen molar-refractivity contribution >= 4 is 39.0 Å². The molecular weight excluding hydrogens is 338 g/mol. The molecule has 0 aliphatic heterocycles. The maximum Gasteiger partial charge on any atom is 0.302 e. The molecule has 3 heterocycles. The van der Waals surface area contributed by atoms with E-state index in [0.717, 1.165) is 16.6 Å². The molecule has 0 aliphatic carbocycles. The molecule has 124 valence electrons. The number of carbonyl (C=O) groups excluding carboxylic acids is 1. The number of rotatable bonds is 3. The van der Waals surface area contributed by atoms with Crippen LogP contribution < -0.4 is 15.7 Å². The molecule has 25 heavy (non-hydrogen) atoms. The minimum Gasteiger partial charge on any atom is -0.397 e. The summed E-state index contributed by atoms with van der Waals surface area (Å²) >= 11 is 1.25. The third-order valence-electron chi connectivity index (χ3n) is 3.68. The van der Waals surface area contributed by atoms with Crippen LogP contribution in [0.15, 0.2) is 53.2 Å². The number of nitrogen functional groups attached to an aromatic ring is 1. The fraction of sp³-hybridized carbons (Fsp3) is 0.0588. The lowest BCUT2D eigenvalue weighted by Gasteiger charge is -2.00. The lowest BCUT2D eigenvalue weighted by Crippen LogP contribution is -2.28. The number of fused-ring (bicyclic) bond motifs is 1. The number of anilines is 2. The quantitative estimate of drug-likeness (QED) is 0.552. The molecule has 8 heteroatoms. The summed E-state index contributed by atoms with van der Waals surface area (Å²) in [6, 6.07) is 13.6. The number of carbonyl (C=O) groups is 1. The molecule has 0 aliphatic rings. The Labute approximate surface area is 146 Å². The molecule has 0 spiro atoms. The third-order valence-corrected chi connectivity index (χ3v) is 4.79. The van der Waals surface area contributed by atoms with Gasteiger partial charge in [-0.2, -0.15) is 0 Å². The monoisotopic (exact) mass is 352 g/mol. The molecule has 0 fully saturated rings. The van der Waals surface area contributed by atoms with Gasteiger partial charge in [0.1, 0.15) is 9.71 Å². The second-order valence-corrected chi connectivity index (χ2v) is 6.45. The summed E-state index contributed by atoms with van der Waals surface area (Å²) in [6.45, 7) is 0. The second kappa shape index (κ2) is 5.99. The number of nitrogens with zero attached hydrogens (tertiary/aromatic N) is 3. The fourth-order valence-electron chi connectivity index (χ4n) is 2.48. The van der Waals surface area contributed by atoms with Gasteiger partial charge in [0.25, 0.3) is 12.1 Å². The number of benzene rings is 1. The van der Waals surface area contributed by atoms with Gasteiger partial charge in [0.15, 0.2) is 12.3 Å². The van der Waals surface area contributed by atoms with Gasteiger partial charge in [-0.15, -0.1) is 11.3 Å². The van der Waals surface area contributed by atoms with E-state index in [1.165, 1.54) is 16.0 Å². The molecule has 3 aromatic heterocycles. The van der Waals surface area contributed by atoms with Crippen LogP contribution in [-0.4, -0.2) is 16.2 Å². The van der Waals surface area contributed by atoms with E-state index in [0.29, 0.717) is 15.4 Å².